The van der Waals surface area contributed by atoms with Crippen molar-refractivity contribution in [1.82, 2.24) is 9.88 Å². The number of hydrogen-bond acceptors (Lipinski definition) is 4. The zero-order valence-electron chi connectivity index (χ0n) is 12.6. The summed E-state index contributed by atoms with van der Waals surface area (Å²) in [6.45, 7) is 4.92. The van der Waals surface area contributed by atoms with Crippen LogP contribution >= 0.6 is 0 Å². The molecule has 1 aliphatic heterocycles. The van der Waals surface area contributed by atoms with Gasteiger partial charge in [0, 0.05) is 25.8 Å². The fraction of sp³-hybridized carbons (Fsp3) is 0.353. The number of benzene rings is 1. The van der Waals surface area contributed by atoms with Crippen molar-refractivity contribution in [3.63, 3.8) is 0 Å². The van der Waals surface area contributed by atoms with Crippen molar-refractivity contribution < 1.29 is 9.13 Å². The van der Waals surface area contributed by atoms with Gasteiger partial charge < -0.3 is 10.5 Å². The molecule has 0 unspecified atom stereocenters. The van der Waals surface area contributed by atoms with Crippen LogP contribution in [-0.2, 0) is 11.3 Å². The largest absolute Gasteiger partial charge is 0.384 e. The Morgan fingerprint density at radius 2 is 2.23 bits per heavy atom. The van der Waals surface area contributed by atoms with E-state index in [0.717, 1.165) is 30.8 Å². The van der Waals surface area contributed by atoms with Crippen molar-refractivity contribution in [2.24, 2.45) is 0 Å². The highest BCUT2D eigenvalue weighted by Gasteiger charge is 2.22. The van der Waals surface area contributed by atoms with E-state index in [1.807, 2.05) is 18.2 Å². The molecule has 4 nitrogen and oxygen atoms in total. The van der Waals surface area contributed by atoms with Crippen LogP contribution in [-0.4, -0.2) is 29.6 Å². The molecule has 1 fully saturated rings. The maximum absolute atomic E-state index is 13.4. The Kier molecular flexibility index (Phi) is 4.36. The van der Waals surface area contributed by atoms with Crippen molar-refractivity contribution in [2.75, 3.05) is 25.4 Å². The second-order valence-corrected chi connectivity index (χ2v) is 5.69. The molecule has 5 heteroatoms. The molecule has 2 aromatic rings. The number of pyridine rings is 1. The number of aryl methyl sites for hydroxylation is 1. The Morgan fingerprint density at radius 3 is 3.00 bits per heavy atom. The molecular formula is C17H20FN3O. The molecule has 0 bridgehead atoms. The molecule has 0 saturated carbocycles. The Bertz CT molecular complexity index is 662. The number of morpholine rings is 1. The predicted octanol–water partition coefficient (Wildman–Crippen LogP) is 2.68. The van der Waals surface area contributed by atoms with Gasteiger partial charge in [-0.1, -0.05) is 12.1 Å². The van der Waals surface area contributed by atoms with Gasteiger partial charge in [-0.3, -0.25) is 4.90 Å². The number of halogens is 1. The van der Waals surface area contributed by atoms with Crippen LogP contribution in [0.4, 0.5) is 10.2 Å². The standard InChI is InChI=1S/C17H20FN3O/c1-12-8-14(2-3-15(12)18)16-11-21(6-7-22-16)10-13-4-5-20-17(19)9-13/h2-5,8-9,16H,6-7,10-11H2,1H3,(H2,19,20)/t16-/m0/s1. The molecule has 0 spiro atoms. The maximum Gasteiger partial charge on any atom is 0.126 e. The van der Waals surface area contributed by atoms with E-state index >= 15 is 0 Å². The van der Waals surface area contributed by atoms with Crippen molar-refractivity contribution in [1.29, 1.82) is 0 Å². The van der Waals surface area contributed by atoms with E-state index in [0.29, 0.717) is 18.0 Å². The lowest BCUT2D eigenvalue weighted by molar-refractivity contribution is -0.0329. The first-order valence-corrected chi connectivity index (χ1v) is 7.42. The number of anilines is 1. The van der Waals surface area contributed by atoms with Crippen molar-refractivity contribution in [3.05, 3.63) is 59.0 Å². The summed E-state index contributed by atoms with van der Waals surface area (Å²) < 4.78 is 19.2. The fourth-order valence-corrected chi connectivity index (χ4v) is 2.77. The van der Waals surface area contributed by atoms with Gasteiger partial charge in [-0.05, 0) is 41.8 Å². The lowest BCUT2D eigenvalue weighted by atomic mass is 10.0. The molecule has 2 heterocycles. The highest BCUT2D eigenvalue weighted by molar-refractivity contribution is 5.32. The summed E-state index contributed by atoms with van der Waals surface area (Å²) in [5, 5.41) is 0. The number of ether oxygens (including phenoxy) is 1. The summed E-state index contributed by atoms with van der Waals surface area (Å²) in [6, 6.07) is 9.06. The minimum absolute atomic E-state index is 0.0211. The average molecular weight is 301 g/mol. The molecule has 1 aliphatic rings. The SMILES string of the molecule is Cc1cc([C@@H]2CN(Cc3ccnc(N)c3)CCO2)ccc1F. The quantitative estimate of drug-likeness (QED) is 0.947. The van der Waals surface area contributed by atoms with Gasteiger partial charge in [0.2, 0.25) is 0 Å². The zero-order chi connectivity index (χ0) is 15.5. The summed E-state index contributed by atoms with van der Waals surface area (Å²) in [4.78, 5) is 6.33. The Morgan fingerprint density at radius 1 is 1.36 bits per heavy atom. The number of aromatic nitrogens is 1. The number of nitrogens with two attached hydrogens (primary N) is 1. The normalized spacial score (nSPS) is 19.3. The van der Waals surface area contributed by atoms with Crippen LogP contribution in [0.15, 0.2) is 36.5 Å². The van der Waals surface area contributed by atoms with Gasteiger partial charge in [0.25, 0.3) is 0 Å². The van der Waals surface area contributed by atoms with Crippen LogP contribution in [0.5, 0.6) is 0 Å². The first-order chi connectivity index (χ1) is 10.6. The molecule has 1 saturated heterocycles. The molecule has 0 radical (unpaired) electrons. The van der Waals surface area contributed by atoms with E-state index in [2.05, 4.69) is 9.88 Å². The third kappa shape index (κ3) is 3.43. The van der Waals surface area contributed by atoms with Crippen LogP contribution in [0.25, 0.3) is 0 Å². The van der Waals surface area contributed by atoms with Crippen molar-refractivity contribution in [3.8, 4) is 0 Å². The number of nitrogen functional groups attached to an aromatic ring is 1. The van der Waals surface area contributed by atoms with Gasteiger partial charge >= 0.3 is 0 Å². The van der Waals surface area contributed by atoms with Crippen molar-refractivity contribution >= 4 is 5.82 Å². The molecule has 116 valence electrons. The first kappa shape index (κ1) is 14.9. The summed E-state index contributed by atoms with van der Waals surface area (Å²) in [5.74, 6) is 0.361. The van der Waals surface area contributed by atoms with Crippen LogP contribution in [0.2, 0.25) is 0 Å². The van der Waals surface area contributed by atoms with E-state index in [1.165, 1.54) is 6.07 Å². The Balaban J connectivity index is 1.69. The summed E-state index contributed by atoms with van der Waals surface area (Å²) >= 11 is 0. The molecule has 1 atom stereocenters. The maximum atomic E-state index is 13.4. The van der Waals surface area contributed by atoms with Crippen LogP contribution in [0.3, 0.4) is 0 Å². The van der Waals surface area contributed by atoms with E-state index < -0.39 is 0 Å². The highest BCUT2D eigenvalue weighted by atomic mass is 19.1. The molecule has 0 aliphatic carbocycles. The van der Waals surface area contributed by atoms with Gasteiger partial charge in [-0.15, -0.1) is 0 Å². The van der Waals surface area contributed by atoms with Gasteiger partial charge in [0.05, 0.1) is 12.7 Å². The molecule has 1 aromatic heterocycles. The minimum Gasteiger partial charge on any atom is -0.384 e. The smallest absolute Gasteiger partial charge is 0.126 e. The van der Waals surface area contributed by atoms with E-state index in [1.54, 1.807) is 19.2 Å². The molecular weight excluding hydrogens is 281 g/mol. The average Bonchev–Trinajstić information content (AvgIpc) is 2.50. The molecule has 0 amide bonds. The van der Waals surface area contributed by atoms with Gasteiger partial charge in [-0.2, -0.15) is 0 Å². The summed E-state index contributed by atoms with van der Waals surface area (Å²) in [7, 11) is 0. The minimum atomic E-state index is -0.177. The van der Waals surface area contributed by atoms with Crippen LogP contribution < -0.4 is 5.73 Å². The van der Waals surface area contributed by atoms with E-state index in [9.17, 15) is 4.39 Å². The van der Waals surface area contributed by atoms with Crippen LogP contribution in [0.1, 0.15) is 22.8 Å². The Hall–Kier alpha value is -1.98. The monoisotopic (exact) mass is 301 g/mol. The topological polar surface area (TPSA) is 51.4 Å². The van der Waals surface area contributed by atoms with Gasteiger partial charge in [-0.25, -0.2) is 9.37 Å². The summed E-state index contributed by atoms with van der Waals surface area (Å²) in [5.41, 5.74) is 8.54. The lowest BCUT2D eigenvalue weighted by Crippen LogP contribution is -2.37. The predicted molar refractivity (Wildman–Crippen MR) is 83.8 cm³/mol. The second-order valence-electron chi connectivity index (χ2n) is 5.69. The fourth-order valence-electron chi connectivity index (χ4n) is 2.77. The number of nitrogens with zero attached hydrogens (tertiary/aromatic N) is 2. The number of rotatable bonds is 3. The molecule has 3 rings (SSSR count). The molecule has 2 N–H and O–H groups in total. The third-order valence-electron chi connectivity index (χ3n) is 3.96. The van der Waals surface area contributed by atoms with Crippen molar-refractivity contribution in [2.45, 2.75) is 19.6 Å². The second kappa shape index (κ2) is 6.42. The number of hydrogen-bond donors (Lipinski definition) is 1. The summed E-state index contributed by atoms with van der Waals surface area (Å²) in [6.07, 6.45) is 1.71. The highest BCUT2D eigenvalue weighted by Crippen LogP contribution is 2.25. The van der Waals surface area contributed by atoms with Gasteiger partial charge in [0.1, 0.15) is 11.6 Å². The first-order valence-electron chi connectivity index (χ1n) is 7.42. The third-order valence-corrected chi connectivity index (χ3v) is 3.96. The van der Waals surface area contributed by atoms with E-state index in [4.69, 9.17) is 10.5 Å². The van der Waals surface area contributed by atoms with E-state index in [-0.39, 0.29) is 11.9 Å². The Labute approximate surface area is 129 Å². The van der Waals surface area contributed by atoms with Crippen LogP contribution in [0, 0.1) is 12.7 Å². The molecule has 22 heavy (non-hydrogen) atoms. The van der Waals surface area contributed by atoms with Gasteiger partial charge in [0.15, 0.2) is 0 Å². The zero-order valence-corrected chi connectivity index (χ0v) is 12.6. The lowest BCUT2D eigenvalue weighted by Gasteiger charge is -2.33. The molecule has 1 aromatic carbocycles.